The molecule has 0 spiro atoms. The van der Waals surface area contributed by atoms with Gasteiger partial charge in [-0.2, -0.15) is 5.26 Å². The maximum absolute atomic E-state index is 8.83. The topological polar surface area (TPSA) is 57.4 Å². The van der Waals surface area contributed by atoms with Gasteiger partial charge in [0.05, 0.1) is 0 Å². The van der Waals surface area contributed by atoms with Gasteiger partial charge in [-0.15, -0.1) is 4.99 Å². The SMILES string of the molecule is N#C/N=C(/Nc1ccc(-c2ccccc2)cc1)Oc1ccccc1. The van der Waals surface area contributed by atoms with E-state index in [0.717, 1.165) is 16.8 Å². The Morgan fingerprint density at radius 2 is 1.38 bits per heavy atom. The molecule has 0 unspecified atom stereocenters. The Bertz CT molecular complexity index is 851. The van der Waals surface area contributed by atoms with E-state index in [0.29, 0.717) is 5.75 Å². The van der Waals surface area contributed by atoms with Crippen LogP contribution < -0.4 is 10.1 Å². The summed E-state index contributed by atoms with van der Waals surface area (Å²) in [6.07, 6.45) is 1.75. The van der Waals surface area contributed by atoms with Crippen LogP contribution >= 0.6 is 0 Å². The molecule has 24 heavy (non-hydrogen) atoms. The van der Waals surface area contributed by atoms with Gasteiger partial charge >= 0.3 is 6.02 Å². The molecule has 0 aliphatic carbocycles. The third-order valence-corrected chi connectivity index (χ3v) is 3.35. The average Bonchev–Trinajstić information content (AvgIpc) is 2.64. The zero-order chi connectivity index (χ0) is 16.6. The number of hydrogen-bond acceptors (Lipinski definition) is 3. The first-order valence-electron chi connectivity index (χ1n) is 7.47. The fraction of sp³-hybridized carbons (Fsp3) is 0. The third-order valence-electron chi connectivity index (χ3n) is 3.35. The van der Waals surface area contributed by atoms with Crippen LogP contribution in [0.2, 0.25) is 0 Å². The predicted octanol–water partition coefficient (Wildman–Crippen LogP) is 4.68. The van der Waals surface area contributed by atoms with Crippen molar-refractivity contribution in [2.75, 3.05) is 5.32 Å². The standard InChI is InChI=1S/C20H15N3O/c21-15-22-20(24-19-9-5-2-6-10-19)23-18-13-11-17(12-14-18)16-7-3-1-4-8-16/h1-14H,(H,22,23). The fourth-order valence-corrected chi connectivity index (χ4v) is 2.22. The van der Waals surface area contributed by atoms with Gasteiger partial charge < -0.3 is 10.1 Å². The molecule has 3 rings (SSSR count). The number of para-hydroxylation sites is 1. The number of ether oxygens (including phenoxy) is 1. The van der Waals surface area contributed by atoms with Crippen molar-refractivity contribution in [3.05, 3.63) is 84.9 Å². The molecule has 0 saturated heterocycles. The Balaban J connectivity index is 1.74. The van der Waals surface area contributed by atoms with Crippen LogP contribution in [-0.2, 0) is 0 Å². The number of nitriles is 1. The second-order valence-corrected chi connectivity index (χ2v) is 5.00. The highest BCUT2D eigenvalue weighted by Crippen LogP contribution is 2.21. The molecule has 0 bridgehead atoms. The number of hydrogen-bond donors (Lipinski definition) is 1. The summed E-state index contributed by atoms with van der Waals surface area (Å²) in [5.41, 5.74) is 3.05. The molecule has 116 valence electrons. The molecule has 0 heterocycles. The molecule has 0 aliphatic rings. The van der Waals surface area contributed by atoms with Crippen LogP contribution in [0.15, 0.2) is 89.9 Å². The summed E-state index contributed by atoms with van der Waals surface area (Å²) in [6.45, 7) is 0. The Kier molecular flexibility index (Phi) is 4.86. The summed E-state index contributed by atoms with van der Waals surface area (Å²) in [5, 5.41) is 11.8. The first-order chi connectivity index (χ1) is 11.8. The van der Waals surface area contributed by atoms with Gasteiger partial charge in [0.2, 0.25) is 6.19 Å². The number of nitrogens with zero attached hydrogens (tertiary/aromatic N) is 2. The lowest BCUT2D eigenvalue weighted by Crippen LogP contribution is -2.19. The van der Waals surface area contributed by atoms with Crippen LogP contribution in [-0.4, -0.2) is 6.02 Å². The highest BCUT2D eigenvalue weighted by atomic mass is 16.5. The number of amidine groups is 1. The fourth-order valence-electron chi connectivity index (χ4n) is 2.22. The van der Waals surface area contributed by atoms with Gasteiger partial charge in [0.15, 0.2) is 0 Å². The molecular weight excluding hydrogens is 298 g/mol. The first kappa shape index (κ1) is 15.3. The Morgan fingerprint density at radius 1 is 0.792 bits per heavy atom. The van der Waals surface area contributed by atoms with Crippen molar-refractivity contribution in [2.24, 2.45) is 4.99 Å². The van der Waals surface area contributed by atoms with Crippen LogP contribution in [0.3, 0.4) is 0 Å². The monoisotopic (exact) mass is 313 g/mol. The van der Waals surface area contributed by atoms with Crippen LogP contribution in [0.1, 0.15) is 0 Å². The molecule has 0 atom stereocenters. The number of anilines is 1. The molecule has 1 N–H and O–H groups in total. The van der Waals surface area contributed by atoms with Crippen LogP contribution in [0.25, 0.3) is 11.1 Å². The number of aliphatic imine (C=N–C) groups is 1. The van der Waals surface area contributed by atoms with E-state index >= 15 is 0 Å². The first-order valence-corrected chi connectivity index (χ1v) is 7.47. The van der Waals surface area contributed by atoms with E-state index < -0.39 is 0 Å². The highest BCUT2D eigenvalue weighted by molar-refractivity contribution is 5.91. The zero-order valence-electron chi connectivity index (χ0n) is 12.9. The average molecular weight is 313 g/mol. The van der Waals surface area contributed by atoms with Crippen LogP contribution in [0.5, 0.6) is 5.75 Å². The molecule has 0 saturated carbocycles. The lowest BCUT2D eigenvalue weighted by molar-refractivity contribution is 0.549. The molecule has 3 aromatic carbocycles. The molecule has 4 nitrogen and oxygen atoms in total. The number of benzene rings is 3. The van der Waals surface area contributed by atoms with Gasteiger partial charge in [0, 0.05) is 5.69 Å². The van der Waals surface area contributed by atoms with Crippen molar-refractivity contribution in [1.82, 2.24) is 0 Å². The lowest BCUT2D eigenvalue weighted by Gasteiger charge is -2.10. The van der Waals surface area contributed by atoms with Crippen molar-refractivity contribution < 1.29 is 4.74 Å². The molecule has 0 radical (unpaired) electrons. The minimum Gasteiger partial charge on any atom is -0.425 e. The summed E-state index contributed by atoms with van der Waals surface area (Å²) in [5.74, 6) is 0.611. The van der Waals surface area contributed by atoms with E-state index in [4.69, 9.17) is 10.00 Å². The van der Waals surface area contributed by atoms with Gasteiger partial charge in [-0.1, -0.05) is 60.7 Å². The van der Waals surface area contributed by atoms with E-state index in [1.807, 2.05) is 60.7 Å². The van der Waals surface area contributed by atoms with Gasteiger partial charge in [0.25, 0.3) is 0 Å². The van der Waals surface area contributed by atoms with Crippen molar-refractivity contribution in [3.63, 3.8) is 0 Å². The smallest absolute Gasteiger partial charge is 0.310 e. The minimum absolute atomic E-state index is 0.135. The quantitative estimate of drug-likeness (QED) is 0.434. The molecular formula is C20H15N3O. The summed E-state index contributed by atoms with van der Waals surface area (Å²) in [7, 11) is 0. The minimum atomic E-state index is 0.135. The maximum Gasteiger partial charge on any atom is 0.310 e. The highest BCUT2D eigenvalue weighted by Gasteiger charge is 2.04. The summed E-state index contributed by atoms with van der Waals surface area (Å²) in [4.78, 5) is 3.68. The van der Waals surface area contributed by atoms with Gasteiger partial charge in [-0.3, -0.25) is 0 Å². The van der Waals surface area contributed by atoms with E-state index in [2.05, 4.69) is 22.4 Å². The predicted molar refractivity (Wildman–Crippen MR) is 95.6 cm³/mol. The molecule has 0 amide bonds. The molecule has 0 aromatic heterocycles. The number of nitrogens with one attached hydrogen (secondary N) is 1. The summed E-state index contributed by atoms with van der Waals surface area (Å²) >= 11 is 0. The van der Waals surface area contributed by atoms with E-state index in [-0.39, 0.29) is 6.02 Å². The van der Waals surface area contributed by atoms with Gasteiger partial charge in [-0.25, -0.2) is 0 Å². The second kappa shape index (κ2) is 7.61. The van der Waals surface area contributed by atoms with Crippen LogP contribution in [0, 0.1) is 11.5 Å². The van der Waals surface area contributed by atoms with Gasteiger partial charge in [0.1, 0.15) is 5.75 Å². The number of rotatable bonds is 3. The molecule has 0 aliphatic heterocycles. The zero-order valence-corrected chi connectivity index (χ0v) is 12.9. The molecule has 3 aromatic rings. The Hall–Kier alpha value is -3.58. The summed E-state index contributed by atoms with van der Waals surface area (Å²) < 4.78 is 5.59. The lowest BCUT2D eigenvalue weighted by atomic mass is 10.1. The van der Waals surface area contributed by atoms with Crippen molar-refractivity contribution in [1.29, 1.82) is 5.26 Å². The van der Waals surface area contributed by atoms with Gasteiger partial charge in [-0.05, 0) is 35.4 Å². The van der Waals surface area contributed by atoms with Crippen LogP contribution in [0.4, 0.5) is 5.69 Å². The van der Waals surface area contributed by atoms with Crippen molar-refractivity contribution in [2.45, 2.75) is 0 Å². The third kappa shape index (κ3) is 3.99. The Morgan fingerprint density at radius 3 is 2.00 bits per heavy atom. The van der Waals surface area contributed by atoms with Crippen molar-refractivity contribution in [3.8, 4) is 23.1 Å². The summed E-state index contributed by atoms with van der Waals surface area (Å²) in [6, 6.07) is 27.3. The molecule has 0 fully saturated rings. The van der Waals surface area contributed by atoms with E-state index in [1.54, 1.807) is 18.3 Å². The molecule has 4 heteroatoms. The second-order valence-electron chi connectivity index (χ2n) is 5.00. The van der Waals surface area contributed by atoms with Crippen molar-refractivity contribution >= 4 is 11.7 Å². The maximum atomic E-state index is 8.83. The largest absolute Gasteiger partial charge is 0.425 e. The van der Waals surface area contributed by atoms with E-state index in [1.165, 1.54) is 0 Å². The Labute approximate surface area is 140 Å². The van der Waals surface area contributed by atoms with E-state index in [9.17, 15) is 0 Å². The normalized spacial score (nSPS) is 10.7.